The summed E-state index contributed by atoms with van der Waals surface area (Å²) in [6.07, 6.45) is 2.88. The predicted octanol–water partition coefficient (Wildman–Crippen LogP) is 3.03. The minimum absolute atomic E-state index is 0. The van der Waals surface area contributed by atoms with E-state index in [2.05, 4.69) is 10.1 Å². The lowest BCUT2D eigenvalue weighted by atomic mass is 9.77. The molecular formula is C13H15ClN4O3S. The summed E-state index contributed by atoms with van der Waals surface area (Å²) in [5, 5.41) is 14.5. The smallest absolute Gasteiger partial charge is 0.269 e. The first-order chi connectivity index (χ1) is 10.1. The Labute approximate surface area is 137 Å². The summed E-state index contributed by atoms with van der Waals surface area (Å²) in [7, 11) is 0. The summed E-state index contributed by atoms with van der Waals surface area (Å²) >= 11 is 1.48. The number of halogens is 1. The number of aromatic nitrogens is 2. The number of hydrogen-bond donors (Lipinski definition) is 1. The van der Waals surface area contributed by atoms with E-state index in [1.165, 1.54) is 23.9 Å². The van der Waals surface area contributed by atoms with Gasteiger partial charge in [-0.25, -0.2) is 0 Å². The molecule has 0 saturated heterocycles. The van der Waals surface area contributed by atoms with Gasteiger partial charge < -0.3 is 10.3 Å². The fourth-order valence-electron chi connectivity index (χ4n) is 2.11. The van der Waals surface area contributed by atoms with Crippen molar-refractivity contribution in [2.24, 2.45) is 5.73 Å². The monoisotopic (exact) mass is 342 g/mol. The van der Waals surface area contributed by atoms with Crippen LogP contribution in [0.3, 0.4) is 0 Å². The van der Waals surface area contributed by atoms with Crippen molar-refractivity contribution in [1.82, 2.24) is 10.1 Å². The van der Waals surface area contributed by atoms with E-state index in [0.717, 1.165) is 24.2 Å². The SMILES string of the molecule is Cl.NC1(c2noc(CSc3ccc([N+](=O)[O-])cc3)n2)CCC1. The second-order valence-electron chi connectivity index (χ2n) is 5.06. The number of nitrogens with two attached hydrogens (primary N) is 1. The summed E-state index contributed by atoms with van der Waals surface area (Å²) in [6.45, 7) is 0. The molecule has 1 aromatic carbocycles. The van der Waals surface area contributed by atoms with Crippen LogP contribution in [0.5, 0.6) is 0 Å². The second kappa shape index (κ2) is 6.64. The summed E-state index contributed by atoms with van der Waals surface area (Å²) in [4.78, 5) is 15.4. The number of thioether (sulfide) groups is 1. The van der Waals surface area contributed by atoms with Gasteiger partial charge in [-0.05, 0) is 31.4 Å². The molecular weight excluding hydrogens is 328 g/mol. The largest absolute Gasteiger partial charge is 0.338 e. The number of nitro benzene ring substituents is 1. The molecule has 22 heavy (non-hydrogen) atoms. The Morgan fingerprint density at radius 1 is 1.36 bits per heavy atom. The molecule has 118 valence electrons. The lowest BCUT2D eigenvalue weighted by molar-refractivity contribution is -0.384. The van der Waals surface area contributed by atoms with Crippen LogP contribution in [-0.4, -0.2) is 15.1 Å². The lowest BCUT2D eigenvalue weighted by Crippen LogP contribution is -2.44. The Kier molecular flexibility index (Phi) is 5.05. The molecule has 3 rings (SSSR count). The molecule has 0 spiro atoms. The molecule has 1 fully saturated rings. The molecule has 0 radical (unpaired) electrons. The van der Waals surface area contributed by atoms with Gasteiger partial charge in [-0.2, -0.15) is 4.98 Å². The molecule has 2 aromatic rings. The van der Waals surface area contributed by atoms with Crippen molar-refractivity contribution < 1.29 is 9.45 Å². The van der Waals surface area contributed by atoms with Gasteiger partial charge in [0.2, 0.25) is 5.89 Å². The zero-order valence-electron chi connectivity index (χ0n) is 11.6. The average Bonchev–Trinajstić information content (AvgIpc) is 2.92. The van der Waals surface area contributed by atoms with E-state index in [1.54, 1.807) is 12.1 Å². The van der Waals surface area contributed by atoms with Gasteiger partial charge in [0, 0.05) is 17.0 Å². The van der Waals surface area contributed by atoms with Crippen LogP contribution in [0.2, 0.25) is 0 Å². The van der Waals surface area contributed by atoms with E-state index >= 15 is 0 Å². The van der Waals surface area contributed by atoms with Gasteiger partial charge in [0.15, 0.2) is 5.82 Å². The van der Waals surface area contributed by atoms with Crippen molar-refractivity contribution >= 4 is 29.9 Å². The zero-order chi connectivity index (χ0) is 14.9. The molecule has 7 nitrogen and oxygen atoms in total. The molecule has 0 aliphatic heterocycles. The predicted molar refractivity (Wildman–Crippen MR) is 83.9 cm³/mol. The summed E-state index contributed by atoms with van der Waals surface area (Å²) in [5.74, 6) is 1.61. The van der Waals surface area contributed by atoms with E-state index < -0.39 is 10.5 Å². The van der Waals surface area contributed by atoms with Gasteiger partial charge in [-0.15, -0.1) is 24.2 Å². The van der Waals surface area contributed by atoms with E-state index in [0.29, 0.717) is 17.5 Å². The first kappa shape index (κ1) is 16.7. The molecule has 0 atom stereocenters. The van der Waals surface area contributed by atoms with E-state index in [1.807, 2.05) is 0 Å². The number of nitro groups is 1. The standard InChI is InChI=1S/C13H14N4O3S.ClH/c14-13(6-1-7-13)12-15-11(20-16-12)8-21-10-4-2-9(3-5-10)17(18)19;/h2-5H,1,6-8,14H2;1H. The number of non-ortho nitro benzene ring substituents is 1. The first-order valence-corrected chi connectivity index (χ1v) is 7.55. The third-order valence-electron chi connectivity index (χ3n) is 3.57. The Bertz CT molecular complexity index is 658. The third kappa shape index (κ3) is 3.40. The van der Waals surface area contributed by atoms with E-state index in [-0.39, 0.29) is 18.1 Å². The highest BCUT2D eigenvalue weighted by atomic mass is 35.5. The zero-order valence-corrected chi connectivity index (χ0v) is 13.2. The molecule has 2 N–H and O–H groups in total. The van der Waals surface area contributed by atoms with Crippen LogP contribution < -0.4 is 5.73 Å². The van der Waals surface area contributed by atoms with Crippen molar-refractivity contribution in [3.63, 3.8) is 0 Å². The molecule has 1 heterocycles. The van der Waals surface area contributed by atoms with Gasteiger partial charge in [0.1, 0.15) is 0 Å². The highest BCUT2D eigenvalue weighted by molar-refractivity contribution is 7.98. The quantitative estimate of drug-likeness (QED) is 0.505. The van der Waals surface area contributed by atoms with Crippen LogP contribution in [0.15, 0.2) is 33.7 Å². The maximum Gasteiger partial charge on any atom is 0.269 e. The van der Waals surface area contributed by atoms with Crippen LogP contribution in [0.25, 0.3) is 0 Å². The maximum absolute atomic E-state index is 10.6. The van der Waals surface area contributed by atoms with Gasteiger partial charge in [-0.3, -0.25) is 10.1 Å². The minimum Gasteiger partial charge on any atom is -0.338 e. The summed E-state index contributed by atoms with van der Waals surface area (Å²) in [6, 6.07) is 6.36. The number of hydrogen-bond acceptors (Lipinski definition) is 7. The van der Waals surface area contributed by atoms with Gasteiger partial charge >= 0.3 is 0 Å². The van der Waals surface area contributed by atoms with E-state index in [4.69, 9.17) is 10.3 Å². The molecule has 0 amide bonds. The molecule has 0 bridgehead atoms. The summed E-state index contributed by atoms with van der Waals surface area (Å²) in [5.41, 5.74) is 5.80. The van der Waals surface area contributed by atoms with Gasteiger partial charge in [-0.1, -0.05) is 5.16 Å². The van der Waals surface area contributed by atoms with Crippen LogP contribution in [0.1, 0.15) is 31.0 Å². The lowest BCUT2D eigenvalue weighted by Gasteiger charge is -2.34. The molecule has 1 aliphatic rings. The highest BCUT2D eigenvalue weighted by Crippen LogP contribution is 2.37. The Morgan fingerprint density at radius 2 is 2.05 bits per heavy atom. The van der Waals surface area contributed by atoms with Crippen LogP contribution in [0.4, 0.5) is 5.69 Å². The molecule has 1 aliphatic carbocycles. The molecule has 1 saturated carbocycles. The Balaban J connectivity index is 0.00000176. The minimum atomic E-state index is -0.419. The Hall–Kier alpha value is -1.64. The van der Waals surface area contributed by atoms with Crippen molar-refractivity contribution in [1.29, 1.82) is 0 Å². The van der Waals surface area contributed by atoms with E-state index in [9.17, 15) is 10.1 Å². The van der Waals surface area contributed by atoms with Crippen LogP contribution in [-0.2, 0) is 11.3 Å². The van der Waals surface area contributed by atoms with Crippen molar-refractivity contribution in [3.05, 3.63) is 46.1 Å². The summed E-state index contributed by atoms with van der Waals surface area (Å²) < 4.78 is 5.20. The van der Waals surface area contributed by atoms with Crippen molar-refractivity contribution in [2.45, 2.75) is 35.4 Å². The topological polar surface area (TPSA) is 108 Å². The number of nitrogens with zero attached hydrogens (tertiary/aromatic N) is 3. The van der Waals surface area contributed by atoms with Crippen LogP contribution in [0, 0.1) is 10.1 Å². The second-order valence-corrected chi connectivity index (χ2v) is 6.11. The van der Waals surface area contributed by atoms with Crippen molar-refractivity contribution in [3.8, 4) is 0 Å². The molecule has 0 unspecified atom stereocenters. The van der Waals surface area contributed by atoms with Crippen LogP contribution >= 0.6 is 24.2 Å². The fraction of sp³-hybridized carbons (Fsp3) is 0.385. The first-order valence-electron chi connectivity index (χ1n) is 6.56. The maximum atomic E-state index is 10.6. The van der Waals surface area contributed by atoms with Gasteiger partial charge in [0.05, 0.1) is 16.2 Å². The van der Waals surface area contributed by atoms with Gasteiger partial charge in [0.25, 0.3) is 5.69 Å². The normalized spacial score (nSPS) is 15.7. The Morgan fingerprint density at radius 3 is 2.59 bits per heavy atom. The molecule has 1 aromatic heterocycles. The highest BCUT2D eigenvalue weighted by Gasteiger charge is 2.38. The average molecular weight is 343 g/mol. The number of rotatable bonds is 5. The van der Waals surface area contributed by atoms with Crippen molar-refractivity contribution in [2.75, 3.05) is 0 Å². The molecule has 9 heteroatoms. The third-order valence-corrected chi connectivity index (χ3v) is 4.57. The fourth-order valence-corrected chi connectivity index (χ4v) is 2.84. The number of benzene rings is 1.